The molecule has 39 heavy (non-hydrogen) atoms. The van der Waals surface area contributed by atoms with Gasteiger partial charge >= 0.3 is 0 Å². The van der Waals surface area contributed by atoms with Crippen molar-refractivity contribution >= 4 is 44.8 Å². The van der Waals surface area contributed by atoms with E-state index in [1.165, 1.54) is 10.8 Å². The van der Waals surface area contributed by atoms with Crippen molar-refractivity contribution in [2.24, 2.45) is 10.2 Å². The zero-order valence-corrected chi connectivity index (χ0v) is 22.7. The quantitative estimate of drug-likeness (QED) is 0.119. The number of benzene rings is 4. The third kappa shape index (κ3) is 8.34. The number of nitrogens with one attached hydrogen (secondary N) is 2. The van der Waals surface area contributed by atoms with Crippen LogP contribution in [0.5, 0.6) is 0 Å². The smallest absolute Gasteiger partial charge is 0.240 e. The number of unbranched alkanes of at least 4 members (excludes halogenated alkanes) is 4. The molecular formula is C33H36N4O2. The number of fused-ring (bicyclic) bond motifs is 2. The first kappa shape index (κ1) is 27.7. The molecule has 2 amide bonds. The van der Waals surface area contributed by atoms with E-state index >= 15 is 0 Å². The molecule has 0 heterocycles. The van der Waals surface area contributed by atoms with Crippen LogP contribution in [0.25, 0.3) is 21.5 Å². The van der Waals surface area contributed by atoms with Gasteiger partial charge in [0, 0.05) is 12.8 Å². The maximum atomic E-state index is 12.2. The topological polar surface area (TPSA) is 82.9 Å². The van der Waals surface area contributed by atoms with Gasteiger partial charge in [0.2, 0.25) is 11.8 Å². The lowest BCUT2D eigenvalue weighted by Crippen LogP contribution is -2.19. The van der Waals surface area contributed by atoms with Crippen LogP contribution in [-0.4, -0.2) is 23.2 Å². The molecule has 0 saturated carbocycles. The molecule has 0 unspecified atom stereocenters. The zero-order valence-electron chi connectivity index (χ0n) is 22.7. The van der Waals surface area contributed by atoms with E-state index in [2.05, 4.69) is 69.6 Å². The van der Waals surface area contributed by atoms with Crippen LogP contribution in [0, 0.1) is 0 Å². The summed E-state index contributed by atoms with van der Waals surface area (Å²) in [5, 5.41) is 13.2. The van der Waals surface area contributed by atoms with Gasteiger partial charge in [-0.2, -0.15) is 10.2 Å². The fourth-order valence-electron chi connectivity index (χ4n) is 4.46. The minimum atomic E-state index is -0.0749. The van der Waals surface area contributed by atoms with Crippen LogP contribution in [0.15, 0.2) is 95.1 Å². The summed E-state index contributed by atoms with van der Waals surface area (Å²) < 4.78 is 0. The molecule has 0 radical (unpaired) electrons. The average molecular weight is 521 g/mol. The lowest BCUT2D eigenvalue weighted by Gasteiger charge is -2.06. The minimum absolute atomic E-state index is 0.0749. The number of hydrazone groups is 2. The Morgan fingerprint density at radius 3 is 1.36 bits per heavy atom. The molecule has 0 fully saturated rings. The number of carbonyl (C=O) groups is 2. The Balaban J connectivity index is 1.08. The Hall–Kier alpha value is -4.32. The van der Waals surface area contributed by atoms with E-state index in [1.807, 2.05) is 50.2 Å². The Kier molecular flexibility index (Phi) is 9.95. The molecule has 0 aliphatic rings. The van der Waals surface area contributed by atoms with E-state index in [9.17, 15) is 9.59 Å². The van der Waals surface area contributed by atoms with E-state index in [0.717, 1.165) is 65.4 Å². The summed E-state index contributed by atoms with van der Waals surface area (Å²) >= 11 is 0. The standard InChI is InChI=1S/C33H36N4O2/c1-24(28-20-18-26-12-8-10-14-30(26)22-28)34-36-32(38)16-6-4-3-5-7-17-33(39)37-35-25(2)29-21-19-27-13-9-11-15-31(27)23-29/h8-15,18-23H,3-7,16-17H2,1-2H3,(H,36,38)(H,37,39). The van der Waals surface area contributed by atoms with Crippen LogP contribution >= 0.6 is 0 Å². The van der Waals surface area contributed by atoms with Gasteiger partial charge in [-0.1, -0.05) is 92.1 Å². The summed E-state index contributed by atoms with van der Waals surface area (Å²) in [6.45, 7) is 3.80. The largest absolute Gasteiger partial charge is 0.273 e. The molecule has 0 atom stereocenters. The van der Waals surface area contributed by atoms with Crippen LogP contribution < -0.4 is 10.9 Å². The second-order valence-electron chi connectivity index (χ2n) is 9.86. The maximum Gasteiger partial charge on any atom is 0.240 e. The van der Waals surface area contributed by atoms with Gasteiger partial charge in [-0.3, -0.25) is 9.59 Å². The number of carbonyl (C=O) groups excluding carboxylic acids is 2. The molecule has 6 nitrogen and oxygen atoms in total. The van der Waals surface area contributed by atoms with Crippen molar-refractivity contribution in [1.82, 2.24) is 10.9 Å². The third-order valence-electron chi connectivity index (χ3n) is 6.84. The molecule has 0 aromatic heterocycles. The molecule has 4 aromatic carbocycles. The highest BCUT2D eigenvalue weighted by molar-refractivity contribution is 6.03. The first-order chi connectivity index (χ1) is 19.0. The lowest BCUT2D eigenvalue weighted by atomic mass is 10.0. The Bertz CT molecular complexity index is 1390. The predicted octanol–water partition coefficient (Wildman–Crippen LogP) is 7.10. The molecule has 0 spiro atoms. The third-order valence-corrected chi connectivity index (χ3v) is 6.84. The van der Waals surface area contributed by atoms with Gasteiger partial charge in [0.1, 0.15) is 0 Å². The van der Waals surface area contributed by atoms with Crippen LogP contribution in [0.1, 0.15) is 69.9 Å². The zero-order chi connectivity index (χ0) is 27.5. The Morgan fingerprint density at radius 1 is 0.538 bits per heavy atom. The van der Waals surface area contributed by atoms with Gasteiger partial charge in [-0.25, -0.2) is 10.9 Å². The van der Waals surface area contributed by atoms with Crippen molar-refractivity contribution in [3.8, 4) is 0 Å². The van der Waals surface area contributed by atoms with Gasteiger partial charge in [0.25, 0.3) is 0 Å². The normalized spacial score (nSPS) is 12.1. The highest BCUT2D eigenvalue weighted by Gasteiger charge is 2.05. The fourth-order valence-corrected chi connectivity index (χ4v) is 4.46. The summed E-state index contributed by atoms with van der Waals surface area (Å²) in [7, 11) is 0. The van der Waals surface area contributed by atoms with Crippen molar-refractivity contribution < 1.29 is 9.59 Å². The van der Waals surface area contributed by atoms with Crippen molar-refractivity contribution in [2.75, 3.05) is 0 Å². The van der Waals surface area contributed by atoms with Crippen LogP contribution in [0.3, 0.4) is 0 Å². The summed E-state index contributed by atoms with van der Waals surface area (Å²) in [5.41, 5.74) is 8.90. The Morgan fingerprint density at radius 2 is 0.923 bits per heavy atom. The number of hydrogen-bond acceptors (Lipinski definition) is 4. The number of nitrogens with zero attached hydrogens (tertiary/aromatic N) is 2. The number of rotatable bonds is 12. The summed E-state index contributed by atoms with van der Waals surface area (Å²) in [6.07, 6.45) is 5.37. The second-order valence-corrected chi connectivity index (χ2v) is 9.86. The molecular weight excluding hydrogens is 484 g/mol. The molecule has 6 heteroatoms. The molecule has 4 rings (SSSR count). The van der Waals surface area contributed by atoms with E-state index in [4.69, 9.17) is 0 Å². The first-order valence-electron chi connectivity index (χ1n) is 13.6. The predicted molar refractivity (Wildman–Crippen MR) is 161 cm³/mol. The average Bonchev–Trinajstić information content (AvgIpc) is 2.97. The number of amides is 2. The molecule has 4 aromatic rings. The minimum Gasteiger partial charge on any atom is -0.273 e. The van der Waals surface area contributed by atoms with Gasteiger partial charge in [-0.15, -0.1) is 0 Å². The van der Waals surface area contributed by atoms with E-state index in [-0.39, 0.29) is 11.8 Å². The highest BCUT2D eigenvalue weighted by Crippen LogP contribution is 2.17. The monoisotopic (exact) mass is 520 g/mol. The summed E-state index contributed by atoms with van der Waals surface area (Å²) in [6, 6.07) is 28.7. The summed E-state index contributed by atoms with van der Waals surface area (Å²) in [4.78, 5) is 24.4. The second kappa shape index (κ2) is 14.0. The number of hydrogen-bond donors (Lipinski definition) is 2. The summed E-state index contributed by atoms with van der Waals surface area (Å²) in [5.74, 6) is -0.150. The maximum absolute atomic E-state index is 12.2. The van der Waals surface area contributed by atoms with Gasteiger partial charge in [-0.05, 0) is 71.5 Å². The Labute approximate surface area is 230 Å². The van der Waals surface area contributed by atoms with Crippen LogP contribution in [0.4, 0.5) is 0 Å². The lowest BCUT2D eigenvalue weighted by molar-refractivity contribution is -0.121. The molecule has 0 saturated heterocycles. The fraction of sp³-hybridized carbons (Fsp3) is 0.273. The van der Waals surface area contributed by atoms with Gasteiger partial charge < -0.3 is 0 Å². The van der Waals surface area contributed by atoms with Crippen LogP contribution in [0.2, 0.25) is 0 Å². The molecule has 2 N–H and O–H groups in total. The van der Waals surface area contributed by atoms with Gasteiger partial charge in [0.05, 0.1) is 11.4 Å². The van der Waals surface area contributed by atoms with Crippen LogP contribution in [-0.2, 0) is 9.59 Å². The van der Waals surface area contributed by atoms with Crippen molar-refractivity contribution in [1.29, 1.82) is 0 Å². The highest BCUT2D eigenvalue weighted by atomic mass is 16.2. The molecule has 0 bridgehead atoms. The van der Waals surface area contributed by atoms with Crippen molar-refractivity contribution in [3.63, 3.8) is 0 Å². The molecule has 0 aliphatic carbocycles. The SMILES string of the molecule is CC(=NNC(=O)CCCCCCCC(=O)NN=C(C)c1ccc2ccccc2c1)c1ccc2ccccc2c1. The van der Waals surface area contributed by atoms with E-state index in [1.54, 1.807) is 0 Å². The molecule has 0 aliphatic heterocycles. The van der Waals surface area contributed by atoms with E-state index in [0.29, 0.717) is 12.8 Å². The van der Waals surface area contributed by atoms with Crippen molar-refractivity contribution in [3.05, 3.63) is 96.1 Å². The van der Waals surface area contributed by atoms with Gasteiger partial charge in [0.15, 0.2) is 0 Å². The first-order valence-corrected chi connectivity index (χ1v) is 13.6. The van der Waals surface area contributed by atoms with E-state index < -0.39 is 0 Å². The van der Waals surface area contributed by atoms with Crippen molar-refractivity contribution in [2.45, 2.75) is 58.8 Å². The molecule has 200 valence electrons.